The lowest BCUT2D eigenvalue weighted by Crippen LogP contribution is -2.41. The van der Waals surface area contributed by atoms with Crippen molar-refractivity contribution in [1.82, 2.24) is 4.90 Å². The summed E-state index contributed by atoms with van der Waals surface area (Å²) in [6, 6.07) is 0.774. The highest BCUT2D eigenvalue weighted by Gasteiger charge is 2.30. The van der Waals surface area contributed by atoms with Crippen molar-refractivity contribution in [3.8, 4) is 0 Å². The fourth-order valence-electron chi connectivity index (χ4n) is 4.43. The van der Waals surface area contributed by atoms with Gasteiger partial charge >= 0.3 is 0 Å². The van der Waals surface area contributed by atoms with Gasteiger partial charge in [-0.2, -0.15) is 0 Å². The van der Waals surface area contributed by atoms with Crippen LogP contribution >= 0.6 is 0 Å². The van der Waals surface area contributed by atoms with Crippen LogP contribution in [0.1, 0.15) is 77.6 Å². The lowest BCUT2D eigenvalue weighted by molar-refractivity contribution is 0.0218. The van der Waals surface area contributed by atoms with E-state index in [0.717, 1.165) is 24.9 Å². The lowest BCUT2D eigenvalue weighted by Gasteiger charge is -2.38. The lowest BCUT2D eigenvalue weighted by atomic mass is 9.77. The molecule has 2 nitrogen and oxygen atoms in total. The maximum atomic E-state index is 10.3. The van der Waals surface area contributed by atoms with E-state index in [9.17, 15) is 5.11 Å². The molecule has 0 aliphatic heterocycles. The van der Waals surface area contributed by atoms with E-state index in [1.54, 1.807) is 0 Å². The monoisotopic (exact) mass is 281 g/mol. The third-order valence-corrected chi connectivity index (χ3v) is 5.72. The molecule has 20 heavy (non-hydrogen) atoms. The second-order valence-corrected chi connectivity index (χ2v) is 7.38. The Balaban J connectivity index is 1.82. The van der Waals surface area contributed by atoms with Gasteiger partial charge in [-0.25, -0.2) is 0 Å². The zero-order valence-electron chi connectivity index (χ0n) is 13.7. The van der Waals surface area contributed by atoms with Crippen LogP contribution in [0.15, 0.2) is 0 Å². The molecule has 0 aromatic carbocycles. The normalized spacial score (nSPS) is 33.3. The Hall–Kier alpha value is -0.0800. The molecule has 0 saturated heterocycles. The molecule has 2 rings (SSSR count). The van der Waals surface area contributed by atoms with Crippen molar-refractivity contribution < 1.29 is 5.11 Å². The number of nitrogens with zero attached hydrogens (tertiary/aromatic N) is 1. The zero-order valence-corrected chi connectivity index (χ0v) is 13.7. The number of hydrogen-bond donors (Lipinski definition) is 1. The molecule has 0 spiro atoms. The molecule has 1 N–H and O–H groups in total. The second-order valence-electron chi connectivity index (χ2n) is 7.38. The summed E-state index contributed by atoms with van der Waals surface area (Å²) < 4.78 is 0. The van der Waals surface area contributed by atoms with Gasteiger partial charge in [0.25, 0.3) is 0 Å². The van der Waals surface area contributed by atoms with E-state index >= 15 is 0 Å². The summed E-state index contributed by atoms with van der Waals surface area (Å²) in [5.41, 5.74) is 0. The van der Waals surface area contributed by atoms with Crippen LogP contribution in [0.2, 0.25) is 0 Å². The van der Waals surface area contributed by atoms with Crippen LogP contribution in [0.25, 0.3) is 0 Å². The van der Waals surface area contributed by atoms with E-state index in [2.05, 4.69) is 18.9 Å². The molecule has 0 heterocycles. The fourth-order valence-corrected chi connectivity index (χ4v) is 4.43. The van der Waals surface area contributed by atoms with Gasteiger partial charge < -0.3 is 10.0 Å². The summed E-state index contributed by atoms with van der Waals surface area (Å²) >= 11 is 0. The highest BCUT2D eigenvalue weighted by Crippen LogP contribution is 2.33. The Morgan fingerprint density at radius 1 is 1.00 bits per heavy atom. The van der Waals surface area contributed by atoms with Crippen LogP contribution in [-0.2, 0) is 0 Å². The average Bonchev–Trinajstić information content (AvgIpc) is 2.72. The van der Waals surface area contributed by atoms with Crippen molar-refractivity contribution in [3.63, 3.8) is 0 Å². The van der Waals surface area contributed by atoms with Gasteiger partial charge in [0, 0.05) is 12.6 Å². The quantitative estimate of drug-likeness (QED) is 0.763. The molecular weight excluding hydrogens is 246 g/mol. The smallest absolute Gasteiger partial charge is 0.0580 e. The molecule has 0 aromatic rings. The van der Waals surface area contributed by atoms with E-state index in [1.165, 1.54) is 64.2 Å². The van der Waals surface area contributed by atoms with Gasteiger partial charge in [0.05, 0.1) is 6.10 Å². The Bertz CT molecular complexity index is 260. The molecule has 3 unspecified atom stereocenters. The van der Waals surface area contributed by atoms with Crippen molar-refractivity contribution >= 4 is 0 Å². The first kappa shape index (κ1) is 16.3. The van der Waals surface area contributed by atoms with E-state index < -0.39 is 0 Å². The van der Waals surface area contributed by atoms with Gasteiger partial charge in [-0.1, -0.05) is 45.4 Å². The van der Waals surface area contributed by atoms with Gasteiger partial charge in [-0.15, -0.1) is 0 Å². The average molecular weight is 281 g/mol. The third-order valence-electron chi connectivity index (χ3n) is 5.72. The highest BCUT2D eigenvalue weighted by molar-refractivity contribution is 4.83. The Morgan fingerprint density at radius 3 is 2.35 bits per heavy atom. The van der Waals surface area contributed by atoms with E-state index in [-0.39, 0.29) is 6.10 Å². The molecular formula is C18H35NO. The summed E-state index contributed by atoms with van der Waals surface area (Å²) in [5.74, 6) is 1.39. The minimum absolute atomic E-state index is 0.0451. The summed E-state index contributed by atoms with van der Waals surface area (Å²) in [6.07, 6.45) is 14.6. The Labute approximate surface area is 125 Å². The van der Waals surface area contributed by atoms with Gasteiger partial charge in [0.15, 0.2) is 0 Å². The summed E-state index contributed by atoms with van der Waals surface area (Å²) in [6.45, 7) is 3.41. The van der Waals surface area contributed by atoms with Crippen LogP contribution in [0.3, 0.4) is 0 Å². The van der Waals surface area contributed by atoms with Crippen LogP contribution in [0.4, 0.5) is 0 Å². The minimum Gasteiger partial charge on any atom is -0.393 e. The molecule has 2 aliphatic carbocycles. The Morgan fingerprint density at radius 2 is 1.70 bits per heavy atom. The predicted octanol–water partition coefficient (Wildman–Crippen LogP) is 4.22. The van der Waals surface area contributed by atoms with E-state index in [0.29, 0.717) is 5.92 Å². The number of aliphatic hydroxyl groups is 1. The fraction of sp³-hybridized carbons (Fsp3) is 1.00. The Kier molecular flexibility index (Phi) is 6.83. The van der Waals surface area contributed by atoms with Crippen molar-refractivity contribution in [2.24, 2.45) is 11.8 Å². The van der Waals surface area contributed by atoms with Crippen molar-refractivity contribution in [3.05, 3.63) is 0 Å². The van der Waals surface area contributed by atoms with Gasteiger partial charge in [-0.3, -0.25) is 0 Å². The molecule has 2 saturated carbocycles. The van der Waals surface area contributed by atoms with E-state index in [1.807, 2.05) is 0 Å². The van der Waals surface area contributed by atoms with Crippen LogP contribution in [0.5, 0.6) is 0 Å². The molecule has 0 amide bonds. The molecule has 0 bridgehead atoms. The molecule has 0 aromatic heterocycles. The molecule has 2 heteroatoms. The number of rotatable bonds is 5. The van der Waals surface area contributed by atoms with Crippen LogP contribution in [0, 0.1) is 11.8 Å². The second kappa shape index (κ2) is 8.38. The molecule has 2 aliphatic rings. The SMILES string of the molecule is CCCC1CCC(O)C(CN(C)C2CCCCCC2)C1. The highest BCUT2D eigenvalue weighted by atomic mass is 16.3. The van der Waals surface area contributed by atoms with Crippen molar-refractivity contribution in [1.29, 1.82) is 0 Å². The largest absolute Gasteiger partial charge is 0.393 e. The molecule has 3 atom stereocenters. The zero-order chi connectivity index (χ0) is 14.4. The minimum atomic E-state index is -0.0451. The standard InChI is InChI=1S/C18H35NO/c1-3-8-15-11-12-18(20)16(13-15)14-19(2)17-9-6-4-5-7-10-17/h15-18,20H,3-14H2,1-2H3. The maximum absolute atomic E-state index is 10.3. The first-order chi connectivity index (χ1) is 9.70. The summed E-state index contributed by atoms with van der Waals surface area (Å²) in [5, 5.41) is 10.3. The predicted molar refractivity (Wildman–Crippen MR) is 85.9 cm³/mol. The molecule has 0 radical (unpaired) electrons. The van der Waals surface area contributed by atoms with Gasteiger partial charge in [0.2, 0.25) is 0 Å². The third kappa shape index (κ3) is 4.73. The number of aliphatic hydroxyl groups excluding tert-OH is 1. The van der Waals surface area contributed by atoms with Crippen molar-refractivity contribution in [2.75, 3.05) is 13.6 Å². The first-order valence-corrected chi connectivity index (χ1v) is 9.09. The van der Waals surface area contributed by atoms with Crippen LogP contribution in [-0.4, -0.2) is 35.7 Å². The summed E-state index contributed by atoms with van der Waals surface area (Å²) in [7, 11) is 2.30. The van der Waals surface area contributed by atoms with Gasteiger partial charge in [-0.05, 0) is 51.0 Å². The molecule has 118 valence electrons. The number of hydrogen-bond acceptors (Lipinski definition) is 2. The summed E-state index contributed by atoms with van der Waals surface area (Å²) in [4.78, 5) is 2.58. The molecule has 2 fully saturated rings. The first-order valence-electron chi connectivity index (χ1n) is 9.09. The maximum Gasteiger partial charge on any atom is 0.0580 e. The van der Waals surface area contributed by atoms with E-state index in [4.69, 9.17) is 0 Å². The van der Waals surface area contributed by atoms with Crippen molar-refractivity contribution in [2.45, 2.75) is 89.7 Å². The van der Waals surface area contributed by atoms with Crippen LogP contribution < -0.4 is 0 Å². The topological polar surface area (TPSA) is 23.5 Å². The van der Waals surface area contributed by atoms with Gasteiger partial charge in [0.1, 0.15) is 0 Å².